The SMILES string of the molecule is CCOc1cc(C(=O)OCC(=O)NC2CCCc3ccccc32)ccc1OCC(=O)N1CCOCC1. The lowest BCUT2D eigenvalue weighted by atomic mass is 9.88. The molecule has 2 aliphatic rings. The van der Waals surface area contributed by atoms with Crippen molar-refractivity contribution < 1.29 is 33.3 Å². The van der Waals surface area contributed by atoms with Gasteiger partial charge < -0.3 is 29.2 Å². The highest BCUT2D eigenvalue weighted by Crippen LogP contribution is 2.30. The zero-order chi connectivity index (χ0) is 25.3. The van der Waals surface area contributed by atoms with Crippen LogP contribution in [0.1, 0.15) is 47.3 Å². The quantitative estimate of drug-likeness (QED) is 0.533. The van der Waals surface area contributed by atoms with Crippen molar-refractivity contribution in [1.82, 2.24) is 10.2 Å². The Morgan fingerprint density at radius 1 is 1.03 bits per heavy atom. The Morgan fingerprint density at radius 2 is 1.83 bits per heavy atom. The topological polar surface area (TPSA) is 103 Å². The monoisotopic (exact) mass is 496 g/mol. The van der Waals surface area contributed by atoms with Crippen LogP contribution in [0, 0.1) is 0 Å². The Balaban J connectivity index is 1.31. The second kappa shape index (κ2) is 12.4. The lowest BCUT2D eigenvalue weighted by Crippen LogP contribution is -2.43. The van der Waals surface area contributed by atoms with E-state index in [0.717, 1.165) is 24.8 Å². The van der Waals surface area contributed by atoms with Crippen molar-refractivity contribution in [2.45, 2.75) is 32.2 Å². The highest BCUT2D eigenvalue weighted by Gasteiger charge is 2.23. The van der Waals surface area contributed by atoms with E-state index in [0.29, 0.717) is 44.4 Å². The summed E-state index contributed by atoms with van der Waals surface area (Å²) in [7, 11) is 0. The molecular formula is C27H32N2O7. The number of carbonyl (C=O) groups is 3. The van der Waals surface area contributed by atoms with E-state index in [-0.39, 0.29) is 36.6 Å². The average molecular weight is 497 g/mol. The van der Waals surface area contributed by atoms with Gasteiger partial charge in [0.15, 0.2) is 24.7 Å². The highest BCUT2D eigenvalue weighted by atomic mass is 16.5. The summed E-state index contributed by atoms with van der Waals surface area (Å²) >= 11 is 0. The highest BCUT2D eigenvalue weighted by molar-refractivity contribution is 5.92. The molecule has 0 aromatic heterocycles. The second-order valence-corrected chi connectivity index (χ2v) is 8.66. The minimum Gasteiger partial charge on any atom is -0.490 e. The number of aryl methyl sites for hydroxylation is 1. The Kier molecular flexibility index (Phi) is 8.78. The van der Waals surface area contributed by atoms with Gasteiger partial charge in [0.2, 0.25) is 0 Å². The number of fused-ring (bicyclic) bond motifs is 1. The van der Waals surface area contributed by atoms with Gasteiger partial charge >= 0.3 is 5.97 Å². The smallest absolute Gasteiger partial charge is 0.338 e. The van der Waals surface area contributed by atoms with Gasteiger partial charge in [0, 0.05) is 13.1 Å². The summed E-state index contributed by atoms with van der Waals surface area (Å²) in [5, 5.41) is 2.97. The largest absolute Gasteiger partial charge is 0.490 e. The van der Waals surface area contributed by atoms with Gasteiger partial charge in [-0.2, -0.15) is 0 Å². The molecule has 36 heavy (non-hydrogen) atoms. The summed E-state index contributed by atoms with van der Waals surface area (Å²) in [5.74, 6) is -0.465. The van der Waals surface area contributed by atoms with Crippen LogP contribution in [0.5, 0.6) is 11.5 Å². The lowest BCUT2D eigenvalue weighted by Gasteiger charge is -2.26. The van der Waals surface area contributed by atoms with Crippen molar-refractivity contribution >= 4 is 17.8 Å². The second-order valence-electron chi connectivity index (χ2n) is 8.66. The first-order chi connectivity index (χ1) is 17.5. The molecular weight excluding hydrogens is 464 g/mol. The number of carbonyl (C=O) groups excluding carboxylic acids is 3. The molecule has 1 atom stereocenters. The van der Waals surface area contributed by atoms with E-state index in [9.17, 15) is 14.4 Å². The van der Waals surface area contributed by atoms with E-state index in [1.807, 2.05) is 18.2 Å². The first-order valence-corrected chi connectivity index (χ1v) is 12.3. The third-order valence-corrected chi connectivity index (χ3v) is 6.23. The zero-order valence-electron chi connectivity index (χ0n) is 20.5. The van der Waals surface area contributed by atoms with E-state index >= 15 is 0 Å². The standard InChI is InChI=1S/C27H32N2O7/c1-2-34-24-16-20(10-11-23(24)35-18-26(31)29-12-14-33-15-13-29)27(32)36-17-25(30)28-22-9-5-7-19-6-3-4-8-21(19)22/h3-4,6,8,10-11,16,22H,2,5,7,9,12-15,17-18H2,1H3,(H,28,30). The van der Waals surface area contributed by atoms with E-state index in [4.69, 9.17) is 18.9 Å². The molecule has 0 bridgehead atoms. The molecule has 2 aromatic carbocycles. The fourth-order valence-electron chi connectivity index (χ4n) is 4.42. The molecule has 1 N–H and O–H groups in total. The number of nitrogens with zero attached hydrogens (tertiary/aromatic N) is 1. The Hall–Kier alpha value is -3.59. The molecule has 1 fully saturated rings. The van der Waals surface area contributed by atoms with Crippen LogP contribution >= 0.6 is 0 Å². The van der Waals surface area contributed by atoms with Crippen LogP contribution in [-0.4, -0.2) is 68.8 Å². The van der Waals surface area contributed by atoms with Gasteiger partial charge in [-0.3, -0.25) is 9.59 Å². The van der Waals surface area contributed by atoms with Crippen molar-refractivity contribution in [3.05, 3.63) is 59.2 Å². The van der Waals surface area contributed by atoms with Crippen molar-refractivity contribution in [1.29, 1.82) is 0 Å². The Labute approximate surface area is 210 Å². The molecule has 9 heteroatoms. The van der Waals surface area contributed by atoms with Crippen molar-refractivity contribution in [2.75, 3.05) is 46.1 Å². The molecule has 0 spiro atoms. The Bertz CT molecular complexity index is 1080. The minimum atomic E-state index is -0.647. The fourth-order valence-corrected chi connectivity index (χ4v) is 4.42. The average Bonchev–Trinajstić information content (AvgIpc) is 2.91. The summed E-state index contributed by atoms with van der Waals surface area (Å²) in [6.07, 6.45) is 2.85. The van der Waals surface area contributed by atoms with Crippen LogP contribution in [0.15, 0.2) is 42.5 Å². The predicted octanol–water partition coefficient (Wildman–Crippen LogP) is 2.67. The molecule has 4 rings (SSSR count). The number of morpholine rings is 1. The predicted molar refractivity (Wildman–Crippen MR) is 131 cm³/mol. The molecule has 192 valence electrons. The number of esters is 1. The molecule has 2 amide bonds. The van der Waals surface area contributed by atoms with E-state index in [1.165, 1.54) is 17.7 Å². The van der Waals surface area contributed by atoms with Crippen molar-refractivity contribution in [3.63, 3.8) is 0 Å². The summed E-state index contributed by atoms with van der Waals surface area (Å²) in [6, 6.07) is 12.6. The van der Waals surface area contributed by atoms with Crippen LogP contribution in [-0.2, 0) is 25.5 Å². The van der Waals surface area contributed by atoms with E-state index in [2.05, 4.69) is 11.4 Å². The maximum atomic E-state index is 12.6. The number of rotatable bonds is 9. The first-order valence-electron chi connectivity index (χ1n) is 12.3. The molecule has 2 aromatic rings. The van der Waals surface area contributed by atoms with Crippen LogP contribution in [0.25, 0.3) is 0 Å². The number of nitrogens with one attached hydrogen (secondary N) is 1. The van der Waals surface area contributed by atoms with Gasteiger partial charge in [0.1, 0.15) is 0 Å². The molecule has 1 aliphatic carbocycles. The molecule has 1 heterocycles. The molecule has 1 unspecified atom stereocenters. The van der Waals surface area contributed by atoms with Gasteiger partial charge in [0.25, 0.3) is 11.8 Å². The van der Waals surface area contributed by atoms with Crippen LogP contribution in [0.4, 0.5) is 0 Å². The van der Waals surface area contributed by atoms with E-state index in [1.54, 1.807) is 17.9 Å². The fraction of sp³-hybridized carbons (Fsp3) is 0.444. The maximum absolute atomic E-state index is 12.6. The first kappa shape index (κ1) is 25.5. The molecule has 9 nitrogen and oxygen atoms in total. The van der Waals surface area contributed by atoms with Crippen LogP contribution < -0.4 is 14.8 Å². The zero-order valence-corrected chi connectivity index (χ0v) is 20.5. The van der Waals surface area contributed by atoms with Gasteiger partial charge in [0.05, 0.1) is 31.4 Å². The normalized spacial score (nSPS) is 17.0. The van der Waals surface area contributed by atoms with Crippen LogP contribution in [0.2, 0.25) is 0 Å². The summed E-state index contributed by atoms with van der Waals surface area (Å²) in [5.41, 5.74) is 2.58. The van der Waals surface area contributed by atoms with Crippen molar-refractivity contribution in [2.24, 2.45) is 0 Å². The molecule has 1 saturated heterocycles. The molecule has 0 radical (unpaired) electrons. The van der Waals surface area contributed by atoms with Crippen LogP contribution in [0.3, 0.4) is 0 Å². The number of ether oxygens (including phenoxy) is 4. The third-order valence-electron chi connectivity index (χ3n) is 6.23. The minimum absolute atomic E-state index is 0.0812. The summed E-state index contributed by atoms with van der Waals surface area (Å²) < 4.78 is 21.8. The van der Waals surface area contributed by atoms with E-state index < -0.39 is 5.97 Å². The number of hydrogen-bond donors (Lipinski definition) is 1. The van der Waals surface area contributed by atoms with Gasteiger partial charge in [-0.25, -0.2) is 4.79 Å². The summed E-state index contributed by atoms with van der Waals surface area (Å²) in [4.78, 5) is 39.1. The lowest BCUT2D eigenvalue weighted by molar-refractivity contribution is -0.137. The molecule has 1 aliphatic heterocycles. The Morgan fingerprint density at radius 3 is 2.64 bits per heavy atom. The molecule has 0 saturated carbocycles. The van der Waals surface area contributed by atoms with Gasteiger partial charge in [-0.1, -0.05) is 24.3 Å². The summed E-state index contributed by atoms with van der Waals surface area (Å²) in [6.45, 7) is 3.72. The van der Waals surface area contributed by atoms with Gasteiger partial charge in [-0.15, -0.1) is 0 Å². The van der Waals surface area contributed by atoms with Crippen molar-refractivity contribution in [3.8, 4) is 11.5 Å². The van der Waals surface area contributed by atoms with Gasteiger partial charge in [-0.05, 0) is 55.5 Å². The number of amides is 2. The maximum Gasteiger partial charge on any atom is 0.338 e. The number of benzene rings is 2. The number of hydrogen-bond acceptors (Lipinski definition) is 7. The third kappa shape index (κ3) is 6.54.